The molecule has 15 heavy (non-hydrogen) atoms. The van der Waals surface area contributed by atoms with Crippen LogP contribution in [-0.4, -0.2) is 29.3 Å². The lowest BCUT2D eigenvalue weighted by Crippen LogP contribution is -2.42. The normalized spacial score (nSPS) is 16.1. The van der Waals surface area contributed by atoms with Crippen LogP contribution in [0.15, 0.2) is 18.3 Å². The van der Waals surface area contributed by atoms with E-state index >= 15 is 0 Å². The van der Waals surface area contributed by atoms with Crippen molar-refractivity contribution in [3.05, 3.63) is 24.1 Å². The van der Waals surface area contributed by atoms with Gasteiger partial charge in [0.25, 0.3) is 0 Å². The second-order valence-electron chi connectivity index (χ2n) is 3.81. The summed E-state index contributed by atoms with van der Waals surface area (Å²) in [6, 6.07) is 3.34. The number of aromatic nitrogens is 1. The van der Waals surface area contributed by atoms with Gasteiger partial charge in [-0.3, -0.25) is 0 Å². The first kappa shape index (κ1) is 10.4. The van der Waals surface area contributed by atoms with Crippen LogP contribution in [0.2, 0.25) is 0 Å². The molecule has 1 saturated carbocycles. The van der Waals surface area contributed by atoms with Crippen LogP contribution in [0, 0.1) is 5.82 Å². The van der Waals surface area contributed by atoms with E-state index in [1.807, 2.05) is 4.90 Å². The number of hydrogen-bond acceptors (Lipinski definition) is 3. The van der Waals surface area contributed by atoms with Crippen LogP contribution < -0.4 is 4.90 Å². The molecular weight excluding hydrogens is 195 g/mol. The number of rotatable bonds is 4. The van der Waals surface area contributed by atoms with Crippen molar-refractivity contribution in [3.63, 3.8) is 0 Å². The summed E-state index contributed by atoms with van der Waals surface area (Å²) in [5.41, 5.74) is 0. The Hall–Kier alpha value is -1.16. The van der Waals surface area contributed by atoms with Gasteiger partial charge in [0.2, 0.25) is 0 Å². The van der Waals surface area contributed by atoms with E-state index < -0.39 is 0 Å². The number of anilines is 1. The van der Waals surface area contributed by atoms with Crippen molar-refractivity contribution in [1.29, 1.82) is 0 Å². The lowest BCUT2D eigenvalue weighted by atomic mass is 9.91. The SMILES string of the molecule is OCCN(c1ncccc1F)C1CCC1. The molecule has 82 valence electrons. The summed E-state index contributed by atoms with van der Waals surface area (Å²) in [7, 11) is 0. The van der Waals surface area contributed by atoms with Gasteiger partial charge < -0.3 is 10.0 Å². The molecule has 0 bridgehead atoms. The molecule has 0 atom stereocenters. The zero-order valence-corrected chi connectivity index (χ0v) is 8.56. The smallest absolute Gasteiger partial charge is 0.165 e. The minimum absolute atomic E-state index is 0.0342. The molecular formula is C11H15FN2O. The molecule has 1 aromatic heterocycles. The van der Waals surface area contributed by atoms with Gasteiger partial charge in [-0.2, -0.15) is 0 Å². The first-order chi connectivity index (χ1) is 7.33. The molecule has 0 saturated heterocycles. The average molecular weight is 210 g/mol. The van der Waals surface area contributed by atoms with Gasteiger partial charge in [0.1, 0.15) is 0 Å². The Labute approximate surface area is 88.6 Å². The maximum absolute atomic E-state index is 13.5. The van der Waals surface area contributed by atoms with Crippen molar-refractivity contribution in [3.8, 4) is 0 Å². The molecule has 1 heterocycles. The summed E-state index contributed by atoms with van der Waals surface area (Å²) < 4.78 is 13.5. The van der Waals surface area contributed by atoms with Gasteiger partial charge in [-0.15, -0.1) is 0 Å². The lowest BCUT2D eigenvalue weighted by molar-refractivity contribution is 0.282. The number of aliphatic hydroxyl groups is 1. The molecule has 0 aromatic carbocycles. The van der Waals surface area contributed by atoms with Crippen molar-refractivity contribution in [1.82, 2.24) is 4.98 Å². The van der Waals surface area contributed by atoms with E-state index in [1.54, 1.807) is 12.3 Å². The molecule has 0 amide bonds. The first-order valence-corrected chi connectivity index (χ1v) is 5.31. The van der Waals surface area contributed by atoms with E-state index in [1.165, 1.54) is 12.5 Å². The van der Waals surface area contributed by atoms with E-state index in [2.05, 4.69) is 4.98 Å². The number of pyridine rings is 1. The van der Waals surface area contributed by atoms with Crippen LogP contribution in [-0.2, 0) is 0 Å². The van der Waals surface area contributed by atoms with Crippen LogP contribution in [0.4, 0.5) is 10.2 Å². The fraction of sp³-hybridized carbons (Fsp3) is 0.545. The van der Waals surface area contributed by atoms with Gasteiger partial charge in [-0.1, -0.05) is 0 Å². The minimum atomic E-state index is -0.308. The van der Waals surface area contributed by atoms with Crippen LogP contribution >= 0.6 is 0 Å². The maximum Gasteiger partial charge on any atom is 0.165 e. The Morgan fingerprint density at radius 2 is 2.33 bits per heavy atom. The van der Waals surface area contributed by atoms with Gasteiger partial charge >= 0.3 is 0 Å². The Kier molecular flexibility index (Phi) is 3.16. The first-order valence-electron chi connectivity index (χ1n) is 5.31. The standard InChI is InChI=1S/C11H15FN2O/c12-10-5-2-6-13-11(10)14(7-8-15)9-3-1-4-9/h2,5-6,9,15H,1,3-4,7-8H2. The topological polar surface area (TPSA) is 36.4 Å². The molecule has 1 aliphatic rings. The summed E-state index contributed by atoms with van der Waals surface area (Å²) in [5.74, 6) is 0.0640. The number of hydrogen-bond donors (Lipinski definition) is 1. The number of aliphatic hydroxyl groups excluding tert-OH is 1. The molecule has 0 unspecified atom stereocenters. The summed E-state index contributed by atoms with van der Waals surface area (Å²) in [6.07, 6.45) is 4.90. The lowest BCUT2D eigenvalue weighted by Gasteiger charge is -2.38. The molecule has 1 fully saturated rings. The van der Waals surface area contributed by atoms with Gasteiger partial charge in [-0.05, 0) is 31.4 Å². The zero-order chi connectivity index (χ0) is 10.7. The number of halogens is 1. The fourth-order valence-corrected chi connectivity index (χ4v) is 1.86. The van der Waals surface area contributed by atoms with Crippen LogP contribution in [0.25, 0.3) is 0 Å². The molecule has 1 aromatic rings. The highest BCUT2D eigenvalue weighted by atomic mass is 19.1. The van der Waals surface area contributed by atoms with Crippen molar-refractivity contribution in [2.24, 2.45) is 0 Å². The van der Waals surface area contributed by atoms with E-state index in [9.17, 15) is 4.39 Å². The van der Waals surface area contributed by atoms with Gasteiger partial charge in [0.15, 0.2) is 11.6 Å². The molecule has 3 nitrogen and oxygen atoms in total. The van der Waals surface area contributed by atoms with E-state index in [0.29, 0.717) is 18.4 Å². The number of nitrogens with zero attached hydrogens (tertiary/aromatic N) is 2. The molecule has 2 rings (SSSR count). The highest BCUT2D eigenvalue weighted by Gasteiger charge is 2.27. The fourth-order valence-electron chi connectivity index (χ4n) is 1.86. The Morgan fingerprint density at radius 3 is 2.87 bits per heavy atom. The summed E-state index contributed by atoms with van der Waals surface area (Å²) in [4.78, 5) is 5.91. The molecule has 4 heteroatoms. The van der Waals surface area contributed by atoms with E-state index in [4.69, 9.17) is 5.11 Å². The Morgan fingerprint density at radius 1 is 1.53 bits per heavy atom. The molecule has 0 radical (unpaired) electrons. The minimum Gasteiger partial charge on any atom is -0.395 e. The molecule has 0 spiro atoms. The Balaban J connectivity index is 2.19. The zero-order valence-electron chi connectivity index (χ0n) is 8.56. The van der Waals surface area contributed by atoms with E-state index in [-0.39, 0.29) is 12.4 Å². The predicted molar refractivity (Wildman–Crippen MR) is 56.3 cm³/mol. The van der Waals surface area contributed by atoms with Gasteiger partial charge in [0.05, 0.1) is 6.61 Å². The third-order valence-corrected chi connectivity index (χ3v) is 2.87. The second kappa shape index (κ2) is 4.57. The monoisotopic (exact) mass is 210 g/mol. The van der Waals surface area contributed by atoms with Crippen LogP contribution in [0.3, 0.4) is 0 Å². The van der Waals surface area contributed by atoms with Crippen molar-refractivity contribution in [2.75, 3.05) is 18.1 Å². The van der Waals surface area contributed by atoms with Crippen molar-refractivity contribution < 1.29 is 9.50 Å². The van der Waals surface area contributed by atoms with Crippen molar-refractivity contribution >= 4 is 5.82 Å². The molecule has 0 aliphatic heterocycles. The highest BCUT2D eigenvalue weighted by Crippen LogP contribution is 2.29. The predicted octanol–water partition coefficient (Wildman–Crippen LogP) is 1.57. The highest BCUT2D eigenvalue weighted by molar-refractivity contribution is 5.41. The van der Waals surface area contributed by atoms with Crippen LogP contribution in [0.1, 0.15) is 19.3 Å². The Bertz CT molecular complexity index is 328. The largest absolute Gasteiger partial charge is 0.395 e. The third-order valence-electron chi connectivity index (χ3n) is 2.87. The van der Waals surface area contributed by atoms with E-state index in [0.717, 1.165) is 12.8 Å². The second-order valence-corrected chi connectivity index (χ2v) is 3.81. The third kappa shape index (κ3) is 2.09. The average Bonchev–Trinajstić information content (AvgIpc) is 2.15. The quantitative estimate of drug-likeness (QED) is 0.819. The molecule has 1 aliphatic carbocycles. The summed E-state index contributed by atoms with van der Waals surface area (Å²) in [6.45, 7) is 0.491. The molecule has 1 N–H and O–H groups in total. The van der Waals surface area contributed by atoms with Gasteiger partial charge in [-0.25, -0.2) is 9.37 Å². The van der Waals surface area contributed by atoms with Crippen LogP contribution in [0.5, 0.6) is 0 Å². The maximum atomic E-state index is 13.5. The summed E-state index contributed by atoms with van der Waals surface area (Å²) >= 11 is 0. The van der Waals surface area contributed by atoms with Gasteiger partial charge in [0, 0.05) is 18.8 Å². The summed E-state index contributed by atoms with van der Waals surface area (Å²) in [5, 5.41) is 8.97. The van der Waals surface area contributed by atoms with Crippen molar-refractivity contribution in [2.45, 2.75) is 25.3 Å².